The minimum Gasteiger partial charge on any atom is -0.497 e. The molecule has 0 N–H and O–H groups in total. The summed E-state index contributed by atoms with van der Waals surface area (Å²) < 4.78 is 21.2. The zero-order valence-electron chi connectivity index (χ0n) is 14.2. The average molecular weight is 328 g/mol. The summed E-state index contributed by atoms with van der Waals surface area (Å²) in [4.78, 5) is 12.4. The van der Waals surface area contributed by atoms with E-state index in [0.29, 0.717) is 34.1 Å². The van der Waals surface area contributed by atoms with E-state index in [9.17, 15) is 4.79 Å². The monoisotopic (exact) mass is 328 g/mol. The first kappa shape index (κ1) is 17.4. The van der Waals surface area contributed by atoms with Crippen LogP contribution in [0.2, 0.25) is 0 Å². The second kappa shape index (κ2) is 8.06. The molecule has 2 rings (SSSR count). The standard InChI is InChI=1S/C19H20O5/c1-21-14-11-13(19(24-4)18(12-14)23-3)9-10-16(20)15-7-5-6-8-17(15)22-2/h5-12H,1-4H3. The van der Waals surface area contributed by atoms with Crippen molar-refractivity contribution in [3.63, 3.8) is 0 Å². The lowest BCUT2D eigenvalue weighted by molar-refractivity contribution is 0.104. The van der Waals surface area contributed by atoms with Gasteiger partial charge in [0.05, 0.1) is 34.0 Å². The molecule has 0 aliphatic rings. The number of carbonyl (C=O) groups excluding carboxylic acids is 1. The summed E-state index contributed by atoms with van der Waals surface area (Å²) in [5.74, 6) is 2.03. The van der Waals surface area contributed by atoms with Crippen LogP contribution in [0.25, 0.3) is 6.08 Å². The van der Waals surface area contributed by atoms with Crippen molar-refractivity contribution in [3.8, 4) is 23.0 Å². The highest BCUT2D eigenvalue weighted by molar-refractivity contribution is 6.08. The van der Waals surface area contributed by atoms with Crippen molar-refractivity contribution in [2.24, 2.45) is 0 Å². The highest BCUT2D eigenvalue weighted by Crippen LogP contribution is 2.36. The second-order valence-electron chi connectivity index (χ2n) is 4.85. The number of benzene rings is 2. The molecular weight excluding hydrogens is 308 g/mol. The molecule has 0 radical (unpaired) electrons. The maximum absolute atomic E-state index is 12.4. The predicted molar refractivity (Wildman–Crippen MR) is 92.5 cm³/mol. The molecule has 126 valence electrons. The first-order valence-electron chi connectivity index (χ1n) is 7.30. The van der Waals surface area contributed by atoms with Crippen molar-refractivity contribution in [2.45, 2.75) is 0 Å². The van der Waals surface area contributed by atoms with Crippen LogP contribution >= 0.6 is 0 Å². The summed E-state index contributed by atoms with van der Waals surface area (Å²) in [6.45, 7) is 0. The van der Waals surface area contributed by atoms with Gasteiger partial charge in [-0.05, 0) is 30.4 Å². The Kier molecular flexibility index (Phi) is 5.84. The molecule has 2 aromatic rings. The van der Waals surface area contributed by atoms with Crippen LogP contribution in [0.4, 0.5) is 0 Å². The number of rotatable bonds is 7. The van der Waals surface area contributed by atoms with E-state index in [4.69, 9.17) is 18.9 Å². The molecule has 2 aromatic carbocycles. The molecule has 0 amide bonds. The van der Waals surface area contributed by atoms with E-state index in [1.807, 2.05) is 6.07 Å². The lowest BCUT2D eigenvalue weighted by atomic mass is 10.1. The smallest absolute Gasteiger partial charge is 0.189 e. The number of allylic oxidation sites excluding steroid dienone is 1. The van der Waals surface area contributed by atoms with Gasteiger partial charge in [-0.2, -0.15) is 0 Å². The minimum absolute atomic E-state index is 0.170. The van der Waals surface area contributed by atoms with Crippen LogP contribution in [0.1, 0.15) is 15.9 Å². The number of hydrogen-bond acceptors (Lipinski definition) is 5. The van der Waals surface area contributed by atoms with Gasteiger partial charge in [-0.15, -0.1) is 0 Å². The van der Waals surface area contributed by atoms with Crippen LogP contribution in [0, 0.1) is 0 Å². The molecule has 0 atom stereocenters. The molecule has 24 heavy (non-hydrogen) atoms. The van der Waals surface area contributed by atoms with Gasteiger partial charge in [-0.3, -0.25) is 4.79 Å². The quantitative estimate of drug-likeness (QED) is 0.574. The lowest BCUT2D eigenvalue weighted by Crippen LogP contribution is -1.99. The number of hydrogen-bond donors (Lipinski definition) is 0. The maximum Gasteiger partial charge on any atom is 0.189 e. The molecule has 0 spiro atoms. The molecule has 5 nitrogen and oxygen atoms in total. The zero-order chi connectivity index (χ0) is 17.5. The molecule has 0 heterocycles. The Morgan fingerprint density at radius 2 is 1.58 bits per heavy atom. The van der Waals surface area contributed by atoms with E-state index in [1.54, 1.807) is 57.7 Å². The van der Waals surface area contributed by atoms with Gasteiger partial charge >= 0.3 is 0 Å². The van der Waals surface area contributed by atoms with Crippen molar-refractivity contribution >= 4 is 11.9 Å². The topological polar surface area (TPSA) is 54.0 Å². The van der Waals surface area contributed by atoms with Crippen molar-refractivity contribution < 1.29 is 23.7 Å². The zero-order valence-corrected chi connectivity index (χ0v) is 14.2. The summed E-state index contributed by atoms with van der Waals surface area (Å²) in [5, 5.41) is 0. The van der Waals surface area contributed by atoms with Crippen LogP contribution in [-0.2, 0) is 0 Å². The van der Waals surface area contributed by atoms with Crippen LogP contribution in [-0.4, -0.2) is 34.2 Å². The van der Waals surface area contributed by atoms with Gasteiger partial charge in [-0.1, -0.05) is 12.1 Å². The van der Waals surface area contributed by atoms with E-state index in [-0.39, 0.29) is 5.78 Å². The molecule has 0 bridgehead atoms. The van der Waals surface area contributed by atoms with Crippen LogP contribution in [0.15, 0.2) is 42.5 Å². The number of para-hydroxylation sites is 1. The molecule has 5 heteroatoms. The fourth-order valence-electron chi connectivity index (χ4n) is 2.31. The van der Waals surface area contributed by atoms with Crippen LogP contribution < -0.4 is 18.9 Å². The summed E-state index contributed by atoms with van der Waals surface area (Å²) >= 11 is 0. The molecule has 0 fully saturated rings. The van der Waals surface area contributed by atoms with Crippen molar-refractivity contribution in [1.29, 1.82) is 0 Å². The Labute approximate surface area is 141 Å². The Morgan fingerprint density at radius 3 is 2.21 bits per heavy atom. The second-order valence-corrected chi connectivity index (χ2v) is 4.85. The van der Waals surface area contributed by atoms with E-state index in [0.717, 1.165) is 0 Å². The van der Waals surface area contributed by atoms with E-state index >= 15 is 0 Å². The van der Waals surface area contributed by atoms with E-state index in [1.165, 1.54) is 13.2 Å². The summed E-state index contributed by atoms with van der Waals surface area (Å²) in [5.41, 5.74) is 1.17. The van der Waals surface area contributed by atoms with E-state index < -0.39 is 0 Å². The van der Waals surface area contributed by atoms with Crippen LogP contribution in [0.5, 0.6) is 23.0 Å². The third-order valence-electron chi connectivity index (χ3n) is 3.50. The molecule has 0 saturated carbocycles. The van der Waals surface area contributed by atoms with Gasteiger partial charge in [-0.25, -0.2) is 0 Å². The molecule has 0 unspecified atom stereocenters. The summed E-state index contributed by atoms with van der Waals surface area (Å²) in [6.07, 6.45) is 3.13. The Balaban J connectivity index is 2.39. The van der Waals surface area contributed by atoms with Crippen molar-refractivity contribution in [3.05, 3.63) is 53.6 Å². The minimum atomic E-state index is -0.170. The highest BCUT2D eigenvalue weighted by atomic mass is 16.5. The molecule has 0 aliphatic heterocycles. The molecule has 0 aromatic heterocycles. The van der Waals surface area contributed by atoms with Gasteiger partial charge in [0.2, 0.25) is 0 Å². The predicted octanol–water partition coefficient (Wildman–Crippen LogP) is 3.62. The Morgan fingerprint density at radius 1 is 0.875 bits per heavy atom. The number of ketones is 1. The van der Waals surface area contributed by atoms with E-state index in [2.05, 4.69) is 0 Å². The fraction of sp³-hybridized carbons (Fsp3) is 0.211. The van der Waals surface area contributed by atoms with Gasteiger partial charge in [0.1, 0.15) is 11.5 Å². The van der Waals surface area contributed by atoms with Crippen molar-refractivity contribution in [1.82, 2.24) is 0 Å². The third kappa shape index (κ3) is 3.68. The SMILES string of the molecule is COc1cc(C=CC(=O)c2ccccc2OC)c(OC)c(OC)c1. The summed E-state index contributed by atoms with van der Waals surface area (Å²) in [7, 11) is 6.19. The first-order valence-corrected chi connectivity index (χ1v) is 7.30. The number of ether oxygens (including phenoxy) is 4. The maximum atomic E-state index is 12.4. The number of methoxy groups -OCH3 is 4. The molecule has 0 aliphatic carbocycles. The highest BCUT2D eigenvalue weighted by Gasteiger charge is 2.13. The molecule has 0 saturated heterocycles. The first-order chi connectivity index (χ1) is 11.6. The number of carbonyl (C=O) groups is 1. The normalized spacial score (nSPS) is 10.5. The van der Waals surface area contributed by atoms with Gasteiger partial charge in [0.15, 0.2) is 17.3 Å². The average Bonchev–Trinajstić information content (AvgIpc) is 2.64. The van der Waals surface area contributed by atoms with Gasteiger partial charge in [0, 0.05) is 11.6 Å². The van der Waals surface area contributed by atoms with Crippen molar-refractivity contribution in [2.75, 3.05) is 28.4 Å². The lowest BCUT2D eigenvalue weighted by Gasteiger charge is -2.12. The third-order valence-corrected chi connectivity index (χ3v) is 3.50. The summed E-state index contributed by atoms with van der Waals surface area (Å²) in [6, 6.07) is 10.6. The van der Waals surface area contributed by atoms with Gasteiger partial charge < -0.3 is 18.9 Å². The van der Waals surface area contributed by atoms with Crippen LogP contribution in [0.3, 0.4) is 0 Å². The molecular formula is C19H20O5. The largest absolute Gasteiger partial charge is 0.497 e. The Bertz CT molecular complexity index is 749. The van der Waals surface area contributed by atoms with Gasteiger partial charge in [0.25, 0.3) is 0 Å². The fourth-order valence-corrected chi connectivity index (χ4v) is 2.31. The Hall–Kier alpha value is -2.95.